The van der Waals surface area contributed by atoms with Crippen molar-refractivity contribution in [2.24, 2.45) is 5.92 Å². The highest BCUT2D eigenvalue weighted by molar-refractivity contribution is 5.86. The summed E-state index contributed by atoms with van der Waals surface area (Å²) in [4.78, 5) is 9.22. The number of rotatable bonds is 10. The maximum atomic E-state index is 6.30. The monoisotopic (exact) mass is 484 g/mol. The van der Waals surface area contributed by atoms with Gasteiger partial charge in [0.15, 0.2) is 0 Å². The van der Waals surface area contributed by atoms with Gasteiger partial charge >= 0.3 is 0 Å². The molecule has 3 heterocycles. The van der Waals surface area contributed by atoms with Crippen LogP contribution in [0.5, 0.6) is 17.4 Å². The van der Waals surface area contributed by atoms with Gasteiger partial charge in [-0.25, -0.2) is 9.97 Å². The van der Waals surface area contributed by atoms with Crippen molar-refractivity contribution in [2.75, 3.05) is 19.8 Å². The van der Waals surface area contributed by atoms with Crippen molar-refractivity contribution in [1.82, 2.24) is 9.97 Å². The van der Waals surface area contributed by atoms with E-state index in [1.165, 1.54) is 0 Å². The van der Waals surface area contributed by atoms with E-state index in [4.69, 9.17) is 23.9 Å². The van der Waals surface area contributed by atoms with Crippen LogP contribution in [0.3, 0.4) is 0 Å². The Bertz CT molecular complexity index is 1270. The molecule has 2 aromatic carbocycles. The molecule has 186 valence electrons. The molecule has 1 fully saturated rings. The van der Waals surface area contributed by atoms with Crippen molar-refractivity contribution in [3.05, 3.63) is 89.7 Å². The third-order valence-electron chi connectivity index (χ3n) is 6.60. The Kier molecular flexibility index (Phi) is 7.93. The number of pyridine rings is 2. The van der Waals surface area contributed by atoms with E-state index in [0.717, 1.165) is 71.7 Å². The predicted octanol–water partition coefficient (Wildman–Crippen LogP) is 6.29. The third kappa shape index (κ3) is 6.13. The second kappa shape index (κ2) is 11.9. The fourth-order valence-electron chi connectivity index (χ4n) is 4.46. The van der Waals surface area contributed by atoms with Gasteiger partial charge < -0.3 is 18.9 Å². The van der Waals surface area contributed by atoms with Crippen molar-refractivity contribution in [3.63, 3.8) is 0 Å². The number of ether oxygens (including phenoxy) is 4. The van der Waals surface area contributed by atoms with Crippen molar-refractivity contribution in [1.29, 1.82) is 0 Å². The number of nitrogens with zero attached hydrogens (tertiary/aromatic N) is 2. The Labute approximate surface area is 212 Å². The maximum absolute atomic E-state index is 6.30. The lowest BCUT2D eigenvalue weighted by atomic mass is 9.97. The van der Waals surface area contributed by atoms with Crippen molar-refractivity contribution < 1.29 is 18.9 Å². The molecule has 2 aromatic heterocycles. The minimum absolute atomic E-state index is 0.289. The molecule has 0 amide bonds. The molecule has 5 rings (SSSR count). The predicted molar refractivity (Wildman–Crippen MR) is 139 cm³/mol. The smallest absolute Gasteiger partial charge is 0.217 e. The van der Waals surface area contributed by atoms with Crippen LogP contribution in [-0.4, -0.2) is 29.8 Å². The number of para-hydroxylation sites is 1. The van der Waals surface area contributed by atoms with E-state index in [0.29, 0.717) is 25.0 Å². The molecule has 4 aromatic rings. The van der Waals surface area contributed by atoms with Crippen LogP contribution in [0.4, 0.5) is 0 Å². The maximum Gasteiger partial charge on any atom is 0.217 e. The number of aromatic nitrogens is 2. The number of hydrogen-bond donors (Lipinski definition) is 0. The first kappa shape index (κ1) is 24.1. The van der Waals surface area contributed by atoms with Gasteiger partial charge in [0.2, 0.25) is 5.88 Å². The van der Waals surface area contributed by atoms with E-state index in [9.17, 15) is 0 Å². The van der Waals surface area contributed by atoms with E-state index in [-0.39, 0.29) is 6.61 Å². The molecule has 1 aliphatic heterocycles. The third-order valence-corrected chi connectivity index (χ3v) is 6.60. The molecular formula is C30H32N2O4. The lowest BCUT2D eigenvalue weighted by Crippen LogP contribution is -2.17. The molecule has 1 saturated heterocycles. The molecule has 0 saturated carbocycles. The van der Waals surface area contributed by atoms with Gasteiger partial charge in [0.1, 0.15) is 24.7 Å². The number of fused-ring (bicyclic) bond motifs is 1. The van der Waals surface area contributed by atoms with Crippen LogP contribution >= 0.6 is 0 Å². The normalized spacial score (nSPS) is 14.0. The van der Waals surface area contributed by atoms with Crippen molar-refractivity contribution in [2.45, 2.75) is 39.4 Å². The average molecular weight is 485 g/mol. The van der Waals surface area contributed by atoms with Crippen molar-refractivity contribution in [3.8, 4) is 17.4 Å². The quantitative estimate of drug-likeness (QED) is 0.264. The van der Waals surface area contributed by atoms with Crippen LogP contribution in [0.15, 0.2) is 72.9 Å². The summed E-state index contributed by atoms with van der Waals surface area (Å²) in [6.07, 6.45) is 4.98. The Balaban J connectivity index is 1.26. The molecule has 0 unspecified atom stereocenters. The summed E-state index contributed by atoms with van der Waals surface area (Å²) in [5.74, 6) is 2.79. The summed E-state index contributed by atoms with van der Waals surface area (Å²) in [6, 6.07) is 21.9. The number of hydrogen-bond acceptors (Lipinski definition) is 6. The van der Waals surface area contributed by atoms with Crippen LogP contribution in [0, 0.1) is 12.8 Å². The molecule has 1 aliphatic rings. The highest BCUT2D eigenvalue weighted by atomic mass is 16.5. The Hall–Kier alpha value is -3.64. The first-order valence-electron chi connectivity index (χ1n) is 12.6. The van der Waals surface area contributed by atoms with E-state index < -0.39 is 0 Å². The fraction of sp³-hybridized carbons (Fsp3) is 0.333. The number of benzene rings is 2. The van der Waals surface area contributed by atoms with Crippen molar-refractivity contribution >= 4 is 10.9 Å². The lowest BCUT2D eigenvalue weighted by molar-refractivity contribution is 0.0593. The zero-order chi connectivity index (χ0) is 24.6. The zero-order valence-corrected chi connectivity index (χ0v) is 20.7. The Morgan fingerprint density at radius 3 is 2.56 bits per heavy atom. The van der Waals surface area contributed by atoms with Gasteiger partial charge in [0.05, 0.1) is 17.8 Å². The van der Waals surface area contributed by atoms with E-state index >= 15 is 0 Å². The van der Waals surface area contributed by atoms with Crippen LogP contribution in [0.1, 0.15) is 36.1 Å². The first-order chi connectivity index (χ1) is 17.8. The van der Waals surface area contributed by atoms with Gasteiger partial charge in [-0.05, 0) is 55.9 Å². The summed E-state index contributed by atoms with van der Waals surface area (Å²) in [6.45, 7) is 5.21. The van der Waals surface area contributed by atoms with Gasteiger partial charge in [0, 0.05) is 36.4 Å². The lowest BCUT2D eigenvalue weighted by Gasteiger charge is -2.21. The first-order valence-corrected chi connectivity index (χ1v) is 12.6. The molecular weight excluding hydrogens is 452 g/mol. The molecule has 6 heteroatoms. The summed E-state index contributed by atoms with van der Waals surface area (Å²) >= 11 is 0. The second-order valence-corrected chi connectivity index (χ2v) is 9.12. The largest absolute Gasteiger partial charge is 0.493 e. The Morgan fingerprint density at radius 2 is 1.69 bits per heavy atom. The molecule has 6 nitrogen and oxygen atoms in total. The second-order valence-electron chi connectivity index (χ2n) is 9.12. The summed E-state index contributed by atoms with van der Waals surface area (Å²) in [7, 11) is 0. The molecule has 36 heavy (non-hydrogen) atoms. The van der Waals surface area contributed by atoms with Gasteiger partial charge in [-0.2, -0.15) is 0 Å². The molecule has 0 aliphatic carbocycles. The van der Waals surface area contributed by atoms with Gasteiger partial charge in [-0.1, -0.05) is 42.5 Å². The highest BCUT2D eigenvalue weighted by Gasteiger charge is 2.15. The summed E-state index contributed by atoms with van der Waals surface area (Å²) in [5, 5.41) is 0.993. The summed E-state index contributed by atoms with van der Waals surface area (Å²) < 4.78 is 23.8. The van der Waals surface area contributed by atoms with Gasteiger partial charge in [0.25, 0.3) is 0 Å². The van der Waals surface area contributed by atoms with Crippen LogP contribution in [-0.2, 0) is 18.0 Å². The summed E-state index contributed by atoms with van der Waals surface area (Å²) in [5.41, 5.74) is 3.79. The topological polar surface area (TPSA) is 62.7 Å². The molecule has 0 atom stereocenters. The molecule has 0 bridgehead atoms. The van der Waals surface area contributed by atoms with Crippen LogP contribution in [0.2, 0.25) is 0 Å². The highest BCUT2D eigenvalue weighted by Crippen LogP contribution is 2.32. The van der Waals surface area contributed by atoms with Gasteiger partial charge in [-0.15, -0.1) is 0 Å². The van der Waals surface area contributed by atoms with E-state index in [2.05, 4.69) is 17.1 Å². The fourth-order valence-corrected chi connectivity index (χ4v) is 4.46. The van der Waals surface area contributed by atoms with E-state index in [1.807, 2.05) is 61.5 Å². The average Bonchev–Trinajstić information content (AvgIpc) is 2.93. The van der Waals surface area contributed by atoms with Crippen LogP contribution < -0.4 is 14.2 Å². The molecule has 0 spiro atoms. The minimum atomic E-state index is 0.289. The molecule has 0 radical (unpaired) electrons. The minimum Gasteiger partial charge on any atom is -0.493 e. The molecule has 0 N–H and O–H groups in total. The van der Waals surface area contributed by atoms with Crippen LogP contribution in [0.25, 0.3) is 10.9 Å². The Morgan fingerprint density at radius 1 is 0.889 bits per heavy atom. The zero-order valence-electron chi connectivity index (χ0n) is 20.7. The van der Waals surface area contributed by atoms with Gasteiger partial charge in [-0.3, -0.25) is 0 Å². The standard InChI is InChI=1S/C30H32N2O4/c1-22-28(21-35-29-19-25(11-15-31-29)34-18-14-23-12-16-33-17-13-23)32-27-10-6-5-9-26(27)30(22)36-20-24-7-3-2-4-8-24/h2-11,15,19,23H,12-14,16-18,20-21H2,1H3. The van der Waals surface area contributed by atoms with E-state index in [1.54, 1.807) is 6.20 Å². The SMILES string of the molecule is Cc1c(COc2cc(OCCC3CCOCC3)ccn2)nc2ccccc2c1OCc1ccccc1.